The molecule has 0 amide bonds. The first-order valence-corrected chi connectivity index (χ1v) is 8.24. The van der Waals surface area contributed by atoms with E-state index in [1.54, 1.807) is 6.92 Å². The van der Waals surface area contributed by atoms with Gasteiger partial charge in [0.15, 0.2) is 0 Å². The summed E-state index contributed by atoms with van der Waals surface area (Å²) in [7, 11) is -3.86. The summed E-state index contributed by atoms with van der Waals surface area (Å²) in [6, 6.07) is 0.743. The number of aromatic amines is 1. The second-order valence-electron chi connectivity index (χ2n) is 4.40. The molecular formula is C12H15N3O3S2. The van der Waals surface area contributed by atoms with Crippen LogP contribution in [0.15, 0.2) is 28.2 Å². The first-order chi connectivity index (χ1) is 9.31. The zero-order valence-electron chi connectivity index (χ0n) is 11.3. The SMILES string of the molecule is Cc1nc(C)c(C(C)NS(=O)(=O)c2c[nH]ccc2=O)s1. The van der Waals surface area contributed by atoms with Crippen LogP contribution in [0.1, 0.15) is 28.5 Å². The lowest BCUT2D eigenvalue weighted by Crippen LogP contribution is -2.30. The number of hydrogen-bond donors (Lipinski definition) is 2. The van der Waals surface area contributed by atoms with E-state index in [4.69, 9.17) is 0 Å². The smallest absolute Gasteiger partial charge is 0.246 e. The number of thiazole rings is 1. The van der Waals surface area contributed by atoms with Crippen LogP contribution in [0.4, 0.5) is 0 Å². The molecule has 0 aliphatic heterocycles. The Morgan fingerprint density at radius 3 is 2.65 bits per heavy atom. The van der Waals surface area contributed by atoms with Gasteiger partial charge in [-0.3, -0.25) is 4.79 Å². The van der Waals surface area contributed by atoms with E-state index in [-0.39, 0.29) is 4.90 Å². The van der Waals surface area contributed by atoms with Crippen LogP contribution in [0.5, 0.6) is 0 Å². The van der Waals surface area contributed by atoms with Gasteiger partial charge in [0, 0.05) is 23.3 Å². The van der Waals surface area contributed by atoms with E-state index >= 15 is 0 Å². The van der Waals surface area contributed by atoms with Gasteiger partial charge < -0.3 is 4.98 Å². The molecule has 0 saturated heterocycles. The molecule has 0 fully saturated rings. The van der Waals surface area contributed by atoms with Gasteiger partial charge in [-0.2, -0.15) is 0 Å². The van der Waals surface area contributed by atoms with Crippen LogP contribution in [0, 0.1) is 13.8 Å². The van der Waals surface area contributed by atoms with Crippen molar-refractivity contribution >= 4 is 21.4 Å². The van der Waals surface area contributed by atoms with Crippen LogP contribution in [-0.4, -0.2) is 18.4 Å². The van der Waals surface area contributed by atoms with Gasteiger partial charge in [-0.1, -0.05) is 0 Å². The number of aromatic nitrogens is 2. The second-order valence-corrected chi connectivity index (χ2v) is 7.32. The van der Waals surface area contributed by atoms with Gasteiger partial charge in [0.25, 0.3) is 0 Å². The highest BCUT2D eigenvalue weighted by Crippen LogP contribution is 2.25. The summed E-state index contributed by atoms with van der Waals surface area (Å²) in [6.45, 7) is 5.43. The molecule has 8 heteroatoms. The molecule has 2 heterocycles. The zero-order chi connectivity index (χ0) is 14.9. The normalized spacial score (nSPS) is 13.3. The van der Waals surface area contributed by atoms with Crippen molar-refractivity contribution in [3.8, 4) is 0 Å². The lowest BCUT2D eigenvalue weighted by molar-refractivity contribution is 0.567. The number of aryl methyl sites for hydroxylation is 2. The molecule has 20 heavy (non-hydrogen) atoms. The predicted octanol–water partition coefficient (Wildman–Crippen LogP) is 1.49. The van der Waals surface area contributed by atoms with Gasteiger partial charge in [0.2, 0.25) is 15.5 Å². The number of nitrogens with one attached hydrogen (secondary N) is 2. The van der Waals surface area contributed by atoms with Crippen molar-refractivity contribution in [3.05, 3.63) is 44.3 Å². The van der Waals surface area contributed by atoms with Gasteiger partial charge >= 0.3 is 0 Å². The fourth-order valence-corrected chi connectivity index (χ4v) is 4.18. The predicted molar refractivity (Wildman–Crippen MR) is 77.4 cm³/mol. The zero-order valence-corrected chi connectivity index (χ0v) is 12.9. The van der Waals surface area contributed by atoms with Gasteiger partial charge in [-0.05, 0) is 20.8 Å². The molecule has 0 spiro atoms. The molecule has 0 saturated carbocycles. The number of hydrogen-bond acceptors (Lipinski definition) is 5. The standard InChI is InChI=1S/C12H15N3O3S2/c1-7-12(19-9(3)14-7)8(2)15-20(17,18)11-6-13-5-4-10(11)16/h4-6,8,15H,1-3H3,(H,13,16). The third-order valence-corrected chi connectivity index (χ3v) is 5.56. The van der Waals surface area contributed by atoms with Crippen LogP contribution in [0.2, 0.25) is 0 Å². The minimum Gasteiger partial charge on any atom is -0.366 e. The van der Waals surface area contributed by atoms with Gasteiger partial charge in [0.1, 0.15) is 4.90 Å². The molecule has 2 aromatic rings. The third-order valence-electron chi connectivity index (χ3n) is 2.74. The summed E-state index contributed by atoms with van der Waals surface area (Å²) >= 11 is 1.44. The Morgan fingerprint density at radius 2 is 2.10 bits per heavy atom. The molecule has 6 nitrogen and oxygen atoms in total. The number of rotatable bonds is 4. The quantitative estimate of drug-likeness (QED) is 0.894. The van der Waals surface area contributed by atoms with Crippen molar-refractivity contribution < 1.29 is 8.42 Å². The highest BCUT2D eigenvalue weighted by molar-refractivity contribution is 7.89. The minimum atomic E-state index is -3.86. The highest BCUT2D eigenvalue weighted by Gasteiger charge is 2.23. The maximum Gasteiger partial charge on any atom is 0.246 e. The van der Waals surface area contributed by atoms with Crippen molar-refractivity contribution in [3.63, 3.8) is 0 Å². The average Bonchev–Trinajstić information content (AvgIpc) is 2.68. The summed E-state index contributed by atoms with van der Waals surface area (Å²) in [5.41, 5.74) is 0.255. The summed E-state index contributed by atoms with van der Waals surface area (Å²) < 4.78 is 26.9. The number of pyridine rings is 1. The maximum absolute atomic E-state index is 12.2. The lowest BCUT2D eigenvalue weighted by Gasteiger charge is -2.12. The van der Waals surface area contributed by atoms with Crippen molar-refractivity contribution in [2.45, 2.75) is 31.7 Å². The minimum absolute atomic E-state index is 0.286. The topological polar surface area (TPSA) is 91.9 Å². The summed E-state index contributed by atoms with van der Waals surface area (Å²) in [5.74, 6) is 0. The molecule has 2 N–H and O–H groups in total. The van der Waals surface area contributed by atoms with E-state index in [0.717, 1.165) is 15.6 Å². The largest absolute Gasteiger partial charge is 0.366 e. The average molecular weight is 313 g/mol. The Hall–Kier alpha value is -1.51. The van der Waals surface area contributed by atoms with Crippen LogP contribution in [0.25, 0.3) is 0 Å². The Morgan fingerprint density at radius 1 is 1.40 bits per heavy atom. The number of sulfonamides is 1. The summed E-state index contributed by atoms with van der Waals surface area (Å²) in [6.07, 6.45) is 2.57. The van der Waals surface area contributed by atoms with E-state index in [0.29, 0.717) is 0 Å². The Balaban J connectivity index is 2.32. The van der Waals surface area contributed by atoms with E-state index in [1.165, 1.54) is 29.8 Å². The van der Waals surface area contributed by atoms with Crippen molar-refractivity contribution in [2.75, 3.05) is 0 Å². The molecule has 1 atom stereocenters. The Bertz CT molecular complexity index is 777. The van der Waals surface area contributed by atoms with E-state index in [1.807, 2.05) is 13.8 Å². The monoisotopic (exact) mass is 313 g/mol. The molecule has 0 aromatic carbocycles. The number of H-pyrrole nitrogens is 1. The van der Waals surface area contributed by atoms with Gasteiger partial charge in [-0.15, -0.1) is 11.3 Å². The maximum atomic E-state index is 12.2. The van der Waals surface area contributed by atoms with Gasteiger partial charge in [0.05, 0.1) is 16.7 Å². The van der Waals surface area contributed by atoms with Crippen molar-refractivity contribution in [1.82, 2.24) is 14.7 Å². The summed E-state index contributed by atoms with van der Waals surface area (Å²) in [4.78, 5) is 19.0. The molecule has 0 bridgehead atoms. The molecule has 0 radical (unpaired) electrons. The van der Waals surface area contributed by atoms with Crippen LogP contribution in [-0.2, 0) is 10.0 Å². The second kappa shape index (κ2) is 5.47. The van der Waals surface area contributed by atoms with Crippen LogP contribution in [0.3, 0.4) is 0 Å². The molecule has 2 rings (SSSR count). The molecule has 2 aromatic heterocycles. The van der Waals surface area contributed by atoms with E-state index in [9.17, 15) is 13.2 Å². The molecule has 0 aliphatic carbocycles. The fraction of sp³-hybridized carbons (Fsp3) is 0.333. The third kappa shape index (κ3) is 2.97. The Kier molecular flexibility index (Phi) is 4.07. The molecule has 0 aliphatic rings. The molecule has 108 valence electrons. The summed E-state index contributed by atoms with van der Waals surface area (Å²) in [5, 5.41) is 0.876. The van der Waals surface area contributed by atoms with Crippen molar-refractivity contribution in [1.29, 1.82) is 0 Å². The van der Waals surface area contributed by atoms with Crippen LogP contribution < -0.4 is 10.2 Å². The van der Waals surface area contributed by atoms with E-state index < -0.39 is 21.5 Å². The van der Waals surface area contributed by atoms with Crippen LogP contribution >= 0.6 is 11.3 Å². The lowest BCUT2D eigenvalue weighted by atomic mass is 10.2. The first kappa shape index (κ1) is 14.9. The van der Waals surface area contributed by atoms with Crippen molar-refractivity contribution in [2.24, 2.45) is 0 Å². The molecule has 1 unspecified atom stereocenters. The fourth-order valence-electron chi connectivity index (χ4n) is 1.91. The number of nitrogens with zero attached hydrogens (tertiary/aromatic N) is 1. The molecular weight excluding hydrogens is 298 g/mol. The highest BCUT2D eigenvalue weighted by atomic mass is 32.2. The van der Waals surface area contributed by atoms with E-state index in [2.05, 4.69) is 14.7 Å². The Labute approximate surface area is 121 Å². The van der Waals surface area contributed by atoms with Gasteiger partial charge in [-0.25, -0.2) is 18.1 Å². The first-order valence-electron chi connectivity index (χ1n) is 5.94.